The van der Waals surface area contributed by atoms with Gasteiger partial charge in [0.05, 0.1) is 18.8 Å². The van der Waals surface area contributed by atoms with Crippen LogP contribution in [0.4, 0.5) is 0 Å². The maximum absolute atomic E-state index is 12.1. The predicted molar refractivity (Wildman–Crippen MR) is 122 cm³/mol. The molecule has 2 aromatic rings. The third-order valence-corrected chi connectivity index (χ3v) is 6.98. The largest absolute Gasteiger partial charge is 0.507 e. The number of phenolic OH excluding ortho intramolecular Hbond substituents is 1. The Balaban J connectivity index is 1.61. The number of aromatic hydroxyl groups is 1. The van der Waals surface area contributed by atoms with Gasteiger partial charge in [-0.1, -0.05) is 18.6 Å². The van der Waals surface area contributed by atoms with Crippen molar-refractivity contribution < 1.29 is 19.7 Å². The summed E-state index contributed by atoms with van der Waals surface area (Å²) >= 11 is 0. The fraction of sp³-hybridized carbons (Fsp3) is 0.600. The summed E-state index contributed by atoms with van der Waals surface area (Å²) in [6, 6.07) is 4.41. The number of likely N-dealkylation sites (tertiary alicyclic amines) is 1. The number of hydrogen-bond acceptors (Lipinski definition) is 7. The average Bonchev–Trinajstić information content (AvgIpc) is 2.73. The molecule has 2 atom stereocenters. The lowest BCUT2D eigenvalue weighted by Crippen LogP contribution is -2.58. The van der Waals surface area contributed by atoms with E-state index < -0.39 is 5.60 Å². The van der Waals surface area contributed by atoms with Crippen LogP contribution in [0.2, 0.25) is 0 Å². The lowest BCUT2D eigenvalue weighted by atomic mass is 9.63. The Hall–Kier alpha value is -2.38. The van der Waals surface area contributed by atoms with Gasteiger partial charge in [0.25, 0.3) is 0 Å². The smallest absolute Gasteiger partial charge is 0.319 e. The molecule has 32 heavy (non-hydrogen) atoms. The number of aryl methyl sites for hydroxylation is 2. The van der Waals surface area contributed by atoms with Crippen LogP contribution in [-0.4, -0.2) is 51.4 Å². The monoisotopic (exact) mass is 441 g/mol. The van der Waals surface area contributed by atoms with Gasteiger partial charge >= 0.3 is 6.01 Å². The van der Waals surface area contributed by atoms with Crippen molar-refractivity contribution in [3.63, 3.8) is 0 Å². The van der Waals surface area contributed by atoms with Crippen LogP contribution >= 0.6 is 0 Å². The number of benzene rings is 1. The highest BCUT2D eigenvalue weighted by Crippen LogP contribution is 2.51. The summed E-state index contributed by atoms with van der Waals surface area (Å²) < 4.78 is 11.3. The molecule has 1 aromatic heterocycles. The molecule has 2 bridgehead atoms. The maximum atomic E-state index is 12.1. The fourth-order valence-electron chi connectivity index (χ4n) is 5.58. The zero-order valence-electron chi connectivity index (χ0n) is 19.6. The van der Waals surface area contributed by atoms with E-state index in [1.54, 1.807) is 6.20 Å². The van der Waals surface area contributed by atoms with Crippen LogP contribution in [0.5, 0.6) is 17.6 Å². The second-order valence-corrected chi connectivity index (χ2v) is 9.16. The van der Waals surface area contributed by atoms with Crippen LogP contribution in [0, 0.1) is 25.7 Å². The Bertz CT molecular complexity index is 927. The van der Waals surface area contributed by atoms with Crippen molar-refractivity contribution in [1.82, 2.24) is 14.9 Å². The van der Waals surface area contributed by atoms with E-state index in [0.29, 0.717) is 30.4 Å². The van der Waals surface area contributed by atoms with Crippen LogP contribution in [0.1, 0.15) is 55.4 Å². The van der Waals surface area contributed by atoms with E-state index in [1.807, 2.05) is 27.7 Å². The summed E-state index contributed by atoms with van der Waals surface area (Å²) in [5, 5.41) is 22.2. The van der Waals surface area contributed by atoms with Gasteiger partial charge in [-0.25, -0.2) is 4.98 Å². The summed E-state index contributed by atoms with van der Waals surface area (Å²) in [7, 11) is 0. The predicted octanol–water partition coefficient (Wildman–Crippen LogP) is 3.72. The van der Waals surface area contributed by atoms with Crippen LogP contribution < -0.4 is 9.47 Å². The van der Waals surface area contributed by atoms with E-state index in [1.165, 1.54) is 5.56 Å². The molecule has 1 aromatic carbocycles. The van der Waals surface area contributed by atoms with Crippen molar-refractivity contribution in [1.29, 1.82) is 0 Å². The van der Waals surface area contributed by atoms with Gasteiger partial charge in [-0.2, -0.15) is 4.98 Å². The van der Waals surface area contributed by atoms with Crippen molar-refractivity contribution >= 4 is 0 Å². The van der Waals surface area contributed by atoms with E-state index in [0.717, 1.165) is 50.0 Å². The fourth-order valence-corrected chi connectivity index (χ4v) is 5.58. The molecule has 0 radical (unpaired) electrons. The van der Waals surface area contributed by atoms with Crippen LogP contribution in [0.25, 0.3) is 0 Å². The second-order valence-electron chi connectivity index (χ2n) is 9.16. The van der Waals surface area contributed by atoms with E-state index >= 15 is 0 Å². The van der Waals surface area contributed by atoms with Gasteiger partial charge in [-0.3, -0.25) is 4.90 Å². The molecule has 1 saturated carbocycles. The normalized spacial score (nSPS) is 25.5. The number of aliphatic hydroxyl groups is 1. The Labute approximate surface area is 190 Å². The Morgan fingerprint density at radius 3 is 2.28 bits per heavy atom. The molecule has 2 heterocycles. The summed E-state index contributed by atoms with van der Waals surface area (Å²) in [6.07, 6.45) is 4.73. The number of hydrogen-bond donors (Lipinski definition) is 2. The third kappa shape index (κ3) is 4.16. The first-order valence-electron chi connectivity index (χ1n) is 11.7. The molecule has 1 aliphatic carbocycles. The Morgan fingerprint density at radius 1 is 1.06 bits per heavy atom. The minimum atomic E-state index is -1.01. The van der Waals surface area contributed by atoms with Gasteiger partial charge in [0.15, 0.2) is 0 Å². The minimum Gasteiger partial charge on any atom is -0.507 e. The van der Waals surface area contributed by atoms with Gasteiger partial charge in [0.2, 0.25) is 5.88 Å². The molecule has 2 fully saturated rings. The van der Waals surface area contributed by atoms with Crippen LogP contribution in [-0.2, 0) is 12.1 Å². The molecule has 0 unspecified atom stereocenters. The number of nitrogens with zero attached hydrogens (tertiary/aromatic N) is 3. The van der Waals surface area contributed by atoms with Crippen molar-refractivity contribution in [2.75, 3.05) is 26.3 Å². The van der Waals surface area contributed by atoms with Gasteiger partial charge in [0, 0.05) is 37.7 Å². The molecule has 4 rings (SSSR count). The number of rotatable bonds is 7. The zero-order valence-corrected chi connectivity index (χ0v) is 19.6. The van der Waals surface area contributed by atoms with Crippen molar-refractivity contribution in [2.45, 2.75) is 59.1 Å². The molecular weight excluding hydrogens is 406 g/mol. The van der Waals surface area contributed by atoms with E-state index in [9.17, 15) is 10.2 Å². The van der Waals surface area contributed by atoms with E-state index in [-0.39, 0.29) is 17.8 Å². The SMILES string of the molecule is CCOc1ncc(C2(O)[C@H]3CCC[C@H]2CN(Cc2cc(C)c(O)c(C)c2)C3)c(OCC)n1. The molecule has 0 spiro atoms. The van der Waals surface area contributed by atoms with Gasteiger partial charge < -0.3 is 19.7 Å². The topological polar surface area (TPSA) is 87.9 Å². The maximum Gasteiger partial charge on any atom is 0.319 e. The standard InChI is InChI=1S/C25H35N3O4/c1-5-31-23-21(12-26-24(27-23)32-6-2)25(30)19-8-7-9-20(25)15-28(14-19)13-18-10-16(3)22(29)17(4)11-18/h10-12,19-20,29-30H,5-9,13-15H2,1-4H3/t19-,20-/m0/s1. The van der Waals surface area contributed by atoms with Gasteiger partial charge in [-0.05, 0) is 57.2 Å². The lowest BCUT2D eigenvalue weighted by molar-refractivity contribution is -0.150. The Morgan fingerprint density at radius 2 is 1.69 bits per heavy atom. The van der Waals surface area contributed by atoms with Crippen molar-refractivity contribution in [3.05, 3.63) is 40.6 Å². The first kappa shape index (κ1) is 22.8. The molecule has 1 aliphatic heterocycles. The van der Waals surface area contributed by atoms with E-state index in [4.69, 9.17) is 9.47 Å². The summed E-state index contributed by atoms with van der Waals surface area (Å²) in [5.74, 6) is 0.964. The highest BCUT2D eigenvalue weighted by Gasteiger charge is 2.53. The molecule has 1 saturated heterocycles. The molecule has 0 amide bonds. The third-order valence-electron chi connectivity index (χ3n) is 6.98. The first-order valence-corrected chi connectivity index (χ1v) is 11.7. The number of aromatic nitrogens is 2. The first-order chi connectivity index (χ1) is 15.4. The average molecular weight is 442 g/mol. The van der Waals surface area contributed by atoms with Crippen molar-refractivity contribution in [2.24, 2.45) is 11.8 Å². The van der Waals surface area contributed by atoms with Crippen LogP contribution in [0.15, 0.2) is 18.3 Å². The zero-order chi connectivity index (χ0) is 22.9. The summed E-state index contributed by atoms with van der Waals surface area (Å²) in [5.41, 5.74) is 2.68. The number of phenols is 1. The molecule has 2 N–H and O–H groups in total. The highest BCUT2D eigenvalue weighted by molar-refractivity contribution is 5.42. The van der Waals surface area contributed by atoms with Crippen molar-refractivity contribution in [3.8, 4) is 17.6 Å². The quantitative estimate of drug-likeness (QED) is 0.677. The number of fused-ring (bicyclic) bond motifs is 2. The number of piperidine rings is 1. The highest BCUT2D eigenvalue weighted by atomic mass is 16.5. The van der Waals surface area contributed by atoms with Gasteiger partial charge in [-0.15, -0.1) is 0 Å². The van der Waals surface area contributed by atoms with E-state index in [2.05, 4.69) is 27.0 Å². The Kier molecular flexibility index (Phi) is 6.58. The molecule has 174 valence electrons. The second kappa shape index (κ2) is 9.24. The molecular formula is C25H35N3O4. The number of ether oxygens (including phenoxy) is 2. The van der Waals surface area contributed by atoms with Gasteiger partial charge in [0.1, 0.15) is 11.4 Å². The summed E-state index contributed by atoms with van der Waals surface area (Å²) in [4.78, 5) is 11.3. The molecule has 2 aliphatic rings. The molecule has 7 nitrogen and oxygen atoms in total. The molecule has 7 heteroatoms. The van der Waals surface area contributed by atoms with Crippen LogP contribution in [0.3, 0.4) is 0 Å². The lowest BCUT2D eigenvalue weighted by Gasteiger charge is -2.53. The summed E-state index contributed by atoms with van der Waals surface area (Å²) in [6.45, 7) is 11.0. The minimum absolute atomic E-state index is 0.0788.